The average Bonchev–Trinajstić information content (AvgIpc) is 2.87. The Hall–Kier alpha value is -0.970. The van der Waals surface area contributed by atoms with Crippen LogP contribution < -0.4 is 4.72 Å². The van der Waals surface area contributed by atoms with Crippen LogP contribution in [0, 0.1) is 26.7 Å². The smallest absolute Gasteiger partial charge is 0.126 e. The molecule has 21 heavy (non-hydrogen) atoms. The Morgan fingerprint density at radius 3 is 2.24 bits per heavy atom. The van der Waals surface area contributed by atoms with Gasteiger partial charge in [0.1, 0.15) is 11.0 Å². The van der Waals surface area contributed by atoms with Crippen molar-refractivity contribution in [2.24, 2.45) is 5.92 Å². The average molecular weight is 322 g/mol. The highest BCUT2D eigenvalue weighted by Crippen LogP contribution is 2.28. The van der Waals surface area contributed by atoms with E-state index < -0.39 is 11.0 Å². The first kappa shape index (κ1) is 16.4. The van der Waals surface area contributed by atoms with Crippen molar-refractivity contribution in [1.82, 2.24) is 4.72 Å². The zero-order valence-electron chi connectivity index (χ0n) is 13.3. The highest BCUT2D eigenvalue weighted by atomic mass is 32.2. The summed E-state index contributed by atoms with van der Waals surface area (Å²) in [5, 5.41) is 2.07. The lowest BCUT2D eigenvalue weighted by atomic mass is 10.0. The van der Waals surface area contributed by atoms with Gasteiger partial charge in [0, 0.05) is 4.88 Å². The van der Waals surface area contributed by atoms with Gasteiger partial charge >= 0.3 is 0 Å². The number of benzene rings is 1. The number of hydrogen-bond donors (Lipinski definition) is 1. The molecule has 0 fully saturated rings. The highest BCUT2D eigenvalue weighted by molar-refractivity contribution is 7.83. The van der Waals surface area contributed by atoms with E-state index >= 15 is 0 Å². The maximum absolute atomic E-state index is 12.8. The van der Waals surface area contributed by atoms with E-state index in [1.54, 1.807) is 11.3 Å². The Balaban J connectivity index is 2.28. The van der Waals surface area contributed by atoms with Gasteiger partial charge in [-0.25, -0.2) is 8.93 Å². The Morgan fingerprint density at radius 2 is 1.76 bits per heavy atom. The largest absolute Gasteiger partial charge is 0.237 e. The van der Waals surface area contributed by atoms with Gasteiger partial charge in [0.05, 0.1) is 10.9 Å². The third kappa shape index (κ3) is 3.82. The fourth-order valence-corrected chi connectivity index (χ4v) is 5.10. The fourth-order valence-electron chi connectivity index (χ4n) is 2.62. The van der Waals surface area contributed by atoms with Gasteiger partial charge in [0.2, 0.25) is 0 Å². The summed E-state index contributed by atoms with van der Waals surface area (Å²) in [5.41, 5.74) is 3.39. The molecule has 4 heteroatoms. The third-order valence-electron chi connectivity index (χ3n) is 3.54. The van der Waals surface area contributed by atoms with Crippen LogP contribution in [0.2, 0.25) is 0 Å². The summed E-state index contributed by atoms with van der Waals surface area (Å²) in [6.07, 6.45) is 0. The van der Waals surface area contributed by atoms with Crippen LogP contribution in [0.25, 0.3) is 0 Å². The number of hydrogen-bond acceptors (Lipinski definition) is 2. The third-order valence-corrected chi connectivity index (χ3v) is 5.98. The predicted molar refractivity (Wildman–Crippen MR) is 92.1 cm³/mol. The van der Waals surface area contributed by atoms with Crippen molar-refractivity contribution < 1.29 is 4.21 Å². The molecule has 1 aromatic heterocycles. The van der Waals surface area contributed by atoms with Crippen LogP contribution in [0.3, 0.4) is 0 Å². The van der Waals surface area contributed by atoms with Crippen LogP contribution in [0.4, 0.5) is 0 Å². The van der Waals surface area contributed by atoms with E-state index in [1.807, 2.05) is 19.9 Å². The Labute approximate surface area is 134 Å². The molecule has 0 radical (unpaired) electrons. The Morgan fingerprint density at radius 1 is 1.14 bits per heavy atom. The quantitative estimate of drug-likeness (QED) is 0.851. The molecule has 1 heterocycles. The monoisotopic (exact) mass is 321 g/mol. The molecule has 0 aliphatic heterocycles. The summed E-state index contributed by atoms with van der Waals surface area (Å²) in [6.45, 7) is 10.4. The maximum atomic E-state index is 12.8. The van der Waals surface area contributed by atoms with Crippen LogP contribution in [0.1, 0.15) is 41.5 Å². The first-order valence-electron chi connectivity index (χ1n) is 7.19. The zero-order chi connectivity index (χ0) is 15.6. The molecule has 0 spiro atoms. The van der Waals surface area contributed by atoms with Gasteiger partial charge in [0.25, 0.3) is 0 Å². The molecule has 2 atom stereocenters. The standard InChI is InChI=1S/C17H23NOS2/c1-11(2)16(15-7-6-8-20-15)18-21(19)17-13(4)9-12(3)10-14(17)5/h6-11,16,18H,1-5H3/t16-,21?/m1/s1. The van der Waals surface area contributed by atoms with Gasteiger partial charge in [0.15, 0.2) is 0 Å². The van der Waals surface area contributed by atoms with Gasteiger partial charge in [-0.1, -0.05) is 37.6 Å². The van der Waals surface area contributed by atoms with Crippen LogP contribution in [-0.2, 0) is 11.0 Å². The summed E-state index contributed by atoms with van der Waals surface area (Å²) in [7, 11) is -1.19. The van der Waals surface area contributed by atoms with E-state index in [0.717, 1.165) is 16.0 Å². The first-order chi connectivity index (χ1) is 9.90. The number of nitrogens with one attached hydrogen (secondary N) is 1. The summed E-state index contributed by atoms with van der Waals surface area (Å²) in [5.74, 6) is 0.388. The topological polar surface area (TPSA) is 29.1 Å². The van der Waals surface area contributed by atoms with E-state index in [4.69, 9.17) is 0 Å². The molecule has 1 N–H and O–H groups in total. The molecule has 0 amide bonds. The minimum absolute atomic E-state index is 0.117. The minimum Gasteiger partial charge on any atom is -0.237 e. The van der Waals surface area contributed by atoms with Gasteiger partial charge in [-0.2, -0.15) is 0 Å². The number of rotatable bonds is 5. The van der Waals surface area contributed by atoms with Gasteiger partial charge in [-0.05, 0) is 49.3 Å². The van der Waals surface area contributed by atoms with Crippen molar-refractivity contribution in [2.75, 3.05) is 0 Å². The van der Waals surface area contributed by atoms with Gasteiger partial charge in [-0.15, -0.1) is 11.3 Å². The molecular weight excluding hydrogens is 298 g/mol. The molecule has 0 saturated heterocycles. The molecule has 2 nitrogen and oxygen atoms in total. The lowest BCUT2D eigenvalue weighted by Gasteiger charge is -2.22. The number of aryl methyl sites for hydroxylation is 3. The highest BCUT2D eigenvalue weighted by Gasteiger charge is 2.21. The van der Waals surface area contributed by atoms with Crippen molar-refractivity contribution in [2.45, 2.75) is 45.6 Å². The molecule has 114 valence electrons. The summed E-state index contributed by atoms with van der Waals surface area (Å²) < 4.78 is 16.1. The van der Waals surface area contributed by atoms with Gasteiger partial charge < -0.3 is 0 Å². The molecule has 0 aliphatic rings. The van der Waals surface area contributed by atoms with Crippen LogP contribution in [0.5, 0.6) is 0 Å². The van der Waals surface area contributed by atoms with Crippen molar-refractivity contribution >= 4 is 22.3 Å². The van der Waals surface area contributed by atoms with Crippen molar-refractivity contribution in [1.29, 1.82) is 0 Å². The van der Waals surface area contributed by atoms with Crippen LogP contribution >= 0.6 is 11.3 Å². The molecule has 1 unspecified atom stereocenters. The van der Waals surface area contributed by atoms with E-state index in [-0.39, 0.29) is 6.04 Å². The van der Waals surface area contributed by atoms with Crippen LogP contribution in [0.15, 0.2) is 34.5 Å². The van der Waals surface area contributed by atoms with Crippen molar-refractivity contribution in [3.05, 3.63) is 51.2 Å². The maximum Gasteiger partial charge on any atom is 0.126 e. The fraction of sp³-hybridized carbons (Fsp3) is 0.412. The number of thiophene rings is 1. The van der Waals surface area contributed by atoms with E-state index in [2.05, 4.69) is 49.1 Å². The van der Waals surface area contributed by atoms with Crippen molar-refractivity contribution in [3.8, 4) is 0 Å². The molecule has 2 rings (SSSR count). The Bertz CT molecular complexity index is 609. The second kappa shape index (κ2) is 6.86. The lowest BCUT2D eigenvalue weighted by Crippen LogP contribution is -2.27. The normalized spacial score (nSPS) is 14.4. The molecule has 2 aromatic rings. The second-order valence-corrected chi connectivity index (χ2v) is 8.01. The summed E-state index contributed by atoms with van der Waals surface area (Å²) >= 11 is 1.71. The molecule has 1 aromatic carbocycles. The van der Waals surface area contributed by atoms with Crippen LogP contribution in [-0.4, -0.2) is 4.21 Å². The van der Waals surface area contributed by atoms with E-state index in [0.29, 0.717) is 5.92 Å². The lowest BCUT2D eigenvalue weighted by molar-refractivity contribution is 0.485. The van der Waals surface area contributed by atoms with Gasteiger partial charge in [-0.3, -0.25) is 0 Å². The molecule has 0 bridgehead atoms. The zero-order valence-corrected chi connectivity index (χ0v) is 14.9. The van der Waals surface area contributed by atoms with E-state index in [9.17, 15) is 4.21 Å². The second-order valence-electron chi connectivity index (χ2n) is 5.85. The Kier molecular flexibility index (Phi) is 5.36. The minimum atomic E-state index is -1.19. The SMILES string of the molecule is Cc1cc(C)c(S(=O)N[C@@H](c2cccs2)C(C)C)c(C)c1. The van der Waals surface area contributed by atoms with E-state index in [1.165, 1.54) is 10.4 Å². The molecule has 0 saturated carbocycles. The first-order valence-corrected chi connectivity index (χ1v) is 9.22. The summed E-state index contributed by atoms with van der Waals surface area (Å²) in [6, 6.07) is 8.46. The van der Waals surface area contributed by atoms with Crippen molar-refractivity contribution in [3.63, 3.8) is 0 Å². The summed E-state index contributed by atoms with van der Waals surface area (Å²) in [4.78, 5) is 2.16. The molecule has 0 aliphatic carbocycles. The predicted octanol–water partition coefficient (Wildman–Crippen LogP) is 4.68. The molecular formula is C17H23NOS2.